The van der Waals surface area contributed by atoms with E-state index in [0.717, 1.165) is 22.0 Å². The number of para-hydroxylation sites is 1. The number of rotatable bonds is 16. The Balaban J connectivity index is 1.83. The molecule has 0 saturated heterocycles. The average Bonchev–Trinajstić information content (AvgIpc) is 3.46. The maximum Gasteiger partial charge on any atom is 0.408 e. The molecule has 48 heavy (non-hydrogen) atoms. The lowest BCUT2D eigenvalue weighted by atomic mass is 10.0. The molecule has 0 spiro atoms. The van der Waals surface area contributed by atoms with Gasteiger partial charge in [-0.1, -0.05) is 53.5 Å². The Hall–Kier alpha value is -5.19. The zero-order valence-corrected chi connectivity index (χ0v) is 27.4. The van der Waals surface area contributed by atoms with Gasteiger partial charge < -0.3 is 36.1 Å². The highest BCUT2D eigenvalue weighted by molar-refractivity contribution is 5.93. The fourth-order valence-electron chi connectivity index (χ4n) is 4.77. The lowest BCUT2D eigenvalue weighted by Gasteiger charge is -2.26. The Labute approximate surface area is 278 Å². The molecular weight excluding hydrogens is 624 g/mol. The third kappa shape index (κ3) is 12.2. The van der Waals surface area contributed by atoms with E-state index in [9.17, 15) is 19.2 Å². The summed E-state index contributed by atoms with van der Waals surface area (Å²) in [6.07, 6.45) is 1.53. The molecule has 3 unspecified atom stereocenters. The monoisotopic (exact) mass is 668 g/mol. The number of aromatic nitrogens is 1. The fraction of sp³-hybridized carbons (Fsp3) is 0.406. The molecule has 9 N–H and O–H groups in total. The van der Waals surface area contributed by atoms with Crippen LogP contribution in [0.15, 0.2) is 65.8 Å². The van der Waals surface area contributed by atoms with E-state index in [2.05, 4.69) is 41.4 Å². The minimum Gasteiger partial charge on any atom is -0.467 e. The molecule has 1 heterocycles. The molecule has 3 rings (SSSR count). The number of H-pyrrole nitrogens is 1. The molecule has 0 aliphatic rings. The van der Waals surface area contributed by atoms with E-state index in [0.29, 0.717) is 0 Å². The maximum absolute atomic E-state index is 13.8. The second kappa shape index (κ2) is 18.2. The SMILES string of the molecule is COC(=O)C(Cc1c[nH]c2ccccc12)NC(=O)C(CCCN=C(N)NOON)NC(=O)C(Cc1ccccc1)NC(=O)OC(C)(C)C. The number of guanidine groups is 1. The van der Waals surface area contributed by atoms with Gasteiger partial charge in [-0.3, -0.25) is 14.6 Å². The highest BCUT2D eigenvalue weighted by atomic mass is 17.3. The number of carbonyl (C=O) groups is 4. The van der Waals surface area contributed by atoms with Crippen LogP contribution in [-0.4, -0.2) is 72.2 Å². The second-order valence-electron chi connectivity index (χ2n) is 11.8. The van der Waals surface area contributed by atoms with Gasteiger partial charge in [-0.05, 0) is 50.8 Å². The number of hydrogen-bond acceptors (Lipinski definition) is 10. The van der Waals surface area contributed by atoms with Crippen LogP contribution in [-0.2, 0) is 46.7 Å². The second-order valence-corrected chi connectivity index (χ2v) is 11.8. The lowest BCUT2D eigenvalue weighted by Crippen LogP contribution is -2.56. The van der Waals surface area contributed by atoms with E-state index < -0.39 is 47.6 Å². The van der Waals surface area contributed by atoms with Crippen molar-refractivity contribution in [3.8, 4) is 0 Å². The van der Waals surface area contributed by atoms with Crippen LogP contribution in [0.25, 0.3) is 10.9 Å². The summed E-state index contributed by atoms with van der Waals surface area (Å²) < 4.78 is 10.4. The number of ether oxygens (including phenoxy) is 2. The van der Waals surface area contributed by atoms with E-state index >= 15 is 0 Å². The number of aromatic amines is 1. The molecule has 260 valence electrons. The highest BCUT2D eigenvalue weighted by Gasteiger charge is 2.31. The van der Waals surface area contributed by atoms with Crippen molar-refractivity contribution >= 4 is 40.7 Å². The Morgan fingerprint density at radius 2 is 1.56 bits per heavy atom. The molecule has 16 nitrogen and oxygen atoms in total. The Kier molecular flexibility index (Phi) is 14.2. The summed E-state index contributed by atoms with van der Waals surface area (Å²) in [7, 11) is 1.22. The largest absolute Gasteiger partial charge is 0.467 e. The van der Waals surface area contributed by atoms with Crippen LogP contribution in [0.1, 0.15) is 44.7 Å². The summed E-state index contributed by atoms with van der Waals surface area (Å²) in [6, 6.07) is 13.3. The van der Waals surface area contributed by atoms with E-state index in [1.807, 2.05) is 42.5 Å². The molecule has 0 radical (unpaired) electrons. The lowest BCUT2D eigenvalue weighted by molar-refractivity contribution is -0.326. The molecule has 16 heteroatoms. The smallest absolute Gasteiger partial charge is 0.408 e. The van der Waals surface area contributed by atoms with E-state index in [-0.39, 0.29) is 38.2 Å². The summed E-state index contributed by atoms with van der Waals surface area (Å²) in [5.74, 6) is 2.68. The first-order chi connectivity index (χ1) is 22.9. The van der Waals surface area contributed by atoms with Crippen molar-refractivity contribution in [1.29, 1.82) is 0 Å². The Morgan fingerprint density at radius 1 is 0.896 bits per heavy atom. The highest BCUT2D eigenvalue weighted by Crippen LogP contribution is 2.19. The number of hydrogen-bond donors (Lipinski definition) is 7. The van der Waals surface area contributed by atoms with Gasteiger partial charge in [0.05, 0.1) is 7.11 Å². The van der Waals surface area contributed by atoms with Crippen molar-refractivity contribution in [2.75, 3.05) is 13.7 Å². The van der Waals surface area contributed by atoms with Gasteiger partial charge in [-0.15, -0.1) is 4.99 Å². The Bertz CT molecular complexity index is 1540. The predicted octanol–water partition coefficient (Wildman–Crippen LogP) is 1.41. The van der Waals surface area contributed by atoms with Crippen molar-refractivity contribution in [1.82, 2.24) is 26.4 Å². The molecule has 0 aliphatic heterocycles. The summed E-state index contributed by atoms with van der Waals surface area (Å²) in [6.45, 7) is 5.22. The molecule has 0 aliphatic carbocycles. The van der Waals surface area contributed by atoms with Gasteiger partial charge in [0.1, 0.15) is 23.7 Å². The number of hydroxylamine groups is 1. The van der Waals surface area contributed by atoms with Crippen LogP contribution in [0.3, 0.4) is 0 Å². The summed E-state index contributed by atoms with van der Waals surface area (Å²) in [4.78, 5) is 68.5. The third-order valence-electron chi connectivity index (χ3n) is 6.95. The minimum absolute atomic E-state index is 0.0775. The number of methoxy groups -OCH3 is 1. The van der Waals surface area contributed by atoms with Gasteiger partial charge in [-0.25, -0.2) is 15.1 Å². The van der Waals surface area contributed by atoms with Gasteiger partial charge in [0.25, 0.3) is 0 Å². The number of alkyl carbamates (subject to hydrolysis) is 1. The zero-order valence-electron chi connectivity index (χ0n) is 27.4. The number of aliphatic imine (C=N–C) groups is 1. The van der Waals surface area contributed by atoms with Crippen molar-refractivity contribution in [3.05, 3.63) is 71.9 Å². The van der Waals surface area contributed by atoms with Gasteiger partial charge in [-0.2, -0.15) is 5.90 Å². The van der Waals surface area contributed by atoms with Crippen LogP contribution in [0, 0.1) is 0 Å². The van der Waals surface area contributed by atoms with Gasteiger partial charge in [0.2, 0.25) is 17.8 Å². The summed E-state index contributed by atoms with van der Waals surface area (Å²) >= 11 is 0. The maximum atomic E-state index is 13.8. The zero-order chi connectivity index (χ0) is 35.1. The molecule has 0 saturated carbocycles. The molecule has 3 amide bonds. The Morgan fingerprint density at radius 3 is 2.25 bits per heavy atom. The minimum atomic E-state index is -1.15. The first kappa shape index (κ1) is 37.3. The predicted molar refractivity (Wildman–Crippen MR) is 176 cm³/mol. The number of benzene rings is 2. The van der Waals surface area contributed by atoms with Crippen molar-refractivity contribution < 1.29 is 38.6 Å². The summed E-state index contributed by atoms with van der Waals surface area (Å²) in [5.41, 5.74) is 9.42. The molecule has 3 aromatic rings. The van der Waals surface area contributed by atoms with Crippen LogP contribution >= 0.6 is 0 Å². The van der Waals surface area contributed by atoms with Gasteiger partial charge in [0, 0.05) is 36.5 Å². The molecule has 2 aromatic carbocycles. The third-order valence-corrected chi connectivity index (χ3v) is 6.95. The number of nitrogens with one attached hydrogen (secondary N) is 5. The van der Waals surface area contributed by atoms with E-state index in [1.54, 1.807) is 39.1 Å². The number of carbonyl (C=O) groups excluding carboxylic acids is 4. The number of esters is 1. The quantitative estimate of drug-likeness (QED) is 0.0288. The van der Waals surface area contributed by atoms with Crippen LogP contribution in [0.4, 0.5) is 4.79 Å². The molecular formula is C32H44N8O8. The van der Waals surface area contributed by atoms with Crippen LogP contribution in [0.5, 0.6) is 0 Å². The van der Waals surface area contributed by atoms with Crippen LogP contribution < -0.4 is 33.1 Å². The fourth-order valence-corrected chi connectivity index (χ4v) is 4.77. The summed E-state index contributed by atoms with van der Waals surface area (Å²) in [5, 5.41) is 8.98. The normalized spacial score (nSPS) is 13.6. The van der Waals surface area contributed by atoms with E-state index in [1.165, 1.54) is 7.11 Å². The van der Waals surface area contributed by atoms with Gasteiger partial charge >= 0.3 is 12.1 Å². The van der Waals surface area contributed by atoms with Crippen molar-refractivity contribution in [2.24, 2.45) is 16.6 Å². The van der Waals surface area contributed by atoms with E-state index in [4.69, 9.17) is 21.1 Å². The number of fused-ring (bicyclic) bond motifs is 1. The standard InChI is InChI=1S/C32H44N8O8/c1-32(2,3)46-31(44)39-25(17-20-11-6-5-7-12-20)28(42)37-24(15-10-16-35-30(33)40-48-47-34)27(41)38-26(29(43)45-4)18-21-19-36-23-14-9-8-13-22(21)23/h5-9,11-14,19,24-26,36H,10,15-18,34H2,1-4H3,(H,37,42)(H,38,41)(H,39,44)(H3,33,35,40). The molecule has 0 fully saturated rings. The molecule has 3 atom stereocenters. The number of nitrogens with two attached hydrogens (primary N) is 2. The van der Waals surface area contributed by atoms with Crippen LogP contribution in [0.2, 0.25) is 0 Å². The van der Waals surface area contributed by atoms with Crippen molar-refractivity contribution in [2.45, 2.75) is 70.2 Å². The number of nitrogens with zero attached hydrogens (tertiary/aromatic N) is 1. The molecule has 0 bridgehead atoms. The topological polar surface area (TPSA) is 234 Å². The number of amides is 3. The van der Waals surface area contributed by atoms with Crippen molar-refractivity contribution in [3.63, 3.8) is 0 Å². The first-order valence-electron chi connectivity index (χ1n) is 15.3. The van der Waals surface area contributed by atoms with Gasteiger partial charge in [0.15, 0.2) is 0 Å². The first-order valence-corrected chi connectivity index (χ1v) is 15.3. The molecule has 1 aromatic heterocycles. The average molecular weight is 669 g/mol.